The summed E-state index contributed by atoms with van der Waals surface area (Å²) in [4.78, 5) is 2.04. The second-order valence-electron chi connectivity index (χ2n) is 11.7. The van der Waals surface area contributed by atoms with Gasteiger partial charge in [-0.1, -0.05) is 12.1 Å². The molecule has 1 aliphatic heterocycles. The van der Waals surface area contributed by atoms with Crippen LogP contribution in [0, 0.1) is 17.0 Å². The van der Waals surface area contributed by atoms with E-state index in [1.807, 2.05) is 24.1 Å². The van der Waals surface area contributed by atoms with Gasteiger partial charge in [0.15, 0.2) is 5.60 Å². The van der Waals surface area contributed by atoms with Gasteiger partial charge in [0.25, 0.3) is 5.92 Å². The summed E-state index contributed by atoms with van der Waals surface area (Å²) < 4.78 is 67.7. The number of likely N-dealkylation sites (tertiary alicyclic amines) is 1. The number of hydrogen-bond donors (Lipinski definition) is 2. The molecule has 0 amide bonds. The molecule has 2 N–H and O–H groups in total. The minimum atomic E-state index is -3.78. The van der Waals surface area contributed by atoms with Crippen molar-refractivity contribution in [3.8, 4) is 5.75 Å². The summed E-state index contributed by atoms with van der Waals surface area (Å²) in [7, 11) is 1.94. The first-order valence-corrected chi connectivity index (χ1v) is 12.8. The van der Waals surface area contributed by atoms with Crippen molar-refractivity contribution in [1.82, 2.24) is 25.1 Å². The second kappa shape index (κ2) is 8.70. The summed E-state index contributed by atoms with van der Waals surface area (Å²) in [5, 5.41) is 32.5. The zero-order chi connectivity index (χ0) is 27.7. The molecule has 3 saturated carbocycles. The van der Waals surface area contributed by atoms with Crippen LogP contribution in [0.1, 0.15) is 36.8 Å². The van der Waals surface area contributed by atoms with Crippen molar-refractivity contribution in [2.45, 2.75) is 54.8 Å². The third-order valence-electron chi connectivity index (χ3n) is 8.87. The SMILES string of the molecule is CN1CCC(O)(COc2ccc(C34CC(C(F)(F)C(O)(Cn5cnnn5)c5ccc(F)cc5F)(C3)C4)cc2)C1. The molecule has 2 atom stereocenters. The Balaban J connectivity index is 1.19. The topological polar surface area (TPSA) is 96.5 Å². The zero-order valence-electron chi connectivity index (χ0n) is 21.3. The highest BCUT2D eigenvalue weighted by molar-refractivity contribution is 5.44. The Morgan fingerprint density at radius 3 is 2.38 bits per heavy atom. The number of alkyl halides is 2. The number of β-amino-alcohol motifs (C(OH)–C–C–N with tert-alkyl or cyclic N) is 1. The number of hydrogen-bond acceptors (Lipinski definition) is 7. The normalized spacial score (nSPS) is 29.9. The molecule has 1 saturated heterocycles. The van der Waals surface area contributed by atoms with Crippen LogP contribution in [-0.2, 0) is 17.6 Å². The first-order valence-electron chi connectivity index (χ1n) is 12.8. The molecule has 2 unspecified atom stereocenters. The average Bonchev–Trinajstić information content (AvgIpc) is 3.45. The summed E-state index contributed by atoms with van der Waals surface area (Å²) in [5.41, 5.74) is -5.79. The molecule has 4 aliphatic rings. The Morgan fingerprint density at radius 1 is 1.08 bits per heavy atom. The fraction of sp³-hybridized carbons (Fsp3) is 0.519. The Hall–Kier alpha value is -3.09. The van der Waals surface area contributed by atoms with Gasteiger partial charge in [0.2, 0.25) is 0 Å². The van der Waals surface area contributed by atoms with Gasteiger partial charge in [-0.2, -0.15) is 0 Å². The van der Waals surface area contributed by atoms with Gasteiger partial charge in [-0.15, -0.1) is 5.10 Å². The van der Waals surface area contributed by atoms with Crippen molar-refractivity contribution in [1.29, 1.82) is 0 Å². The number of tetrazole rings is 1. The summed E-state index contributed by atoms with van der Waals surface area (Å²) in [6, 6.07) is 9.39. The van der Waals surface area contributed by atoms with Crippen LogP contribution in [-0.4, -0.2) is 73.6 Å². The molecule has 12 heteroatoms. The van der Waals surface area contributed by atoms with E-state index < -0.39 is 51.7 Å². The van der Waals surface area contributed by atoms with Gasteiger partial charge < -0.3 is 19.8 Å². The quantitative estimate of drug-likeness (QED) is 0.398. The lowest BCUT2D eigenvalue weighted by molar-refractivity contribution is -0.347. The highest BCUT2D eigenvalue weighted by Gasteiger charge is 2.82. The van der Waals surface area contributed by atoms with Gasteiger partial charge in [-0.05, 0) is 78.4 Å². The lowest BCUT2D eigenvalue weighted by Crippen LogP contribution is -2.76. The van der Waals surface area contributed by atoms with Crippen LogP contribution in [0.25, 0.3) is 0 Å². The standard InChI is InChI=1S/C27H29F4N5O3/c1-35-9-8-25(37,14-35)16-39-20-5-2-18(3-6-20)23-11-24(12-23,13-23)27(30,31)26(38,15-36-17-32-33-34-36)21-7-4-19(28)10-22(21)29/h2-7,10,17,37-38H,8-9,11-16H2,1H3. The van der Waals surface area contributed by atoms with Gasteiger partial charge >= 0.3 is 0 Å². The van der Waals surface area contributed by atoms with E-state index in [2.05, 4.69) is 15.5 Å². The number of likely N-dealkylation sites (N-methyl/N-ethyl adjacent to an activating group) is 1. The molecule has 7 rings (SSSR count). The van der Waals surface area contributed by atoms with E-state index in [0.29, 0.717) is 24.8 Å². The summed E-state index contributed by atoms with van der Waals surface area (Å²) >= 11 is 0. The molecule has 0 radical (unpaired) electrons. The first kappa shape index (κ1) is 26.1. The number of aliphatic hydroxyl groups is 2. The number of aromatic nitrogens is 4. The predicted molar refractivity (Wildman–Crippen MR) is 130 cm³/mol. The molecule has 2 bridgehead atoms. The van der Waals surface area contributed by atoms with Crippen molar-refractivity contribution < 1.29 is 32.5 Å². The zero-order valence-corrected chi connectivity index (χ0v) is 21.3. The van der Waals surface area contributed by atoms with Crippen LogP contribution < -0.4 is 4.74 Å². The van der Waals surface area contributed by atoms with Crippen molar-refractivity contribution in [2.75, 3.05) is 26.7 Å². The minimum absolute atomic E-state index is 0.0972. The third kappa shape index (κ3) is 4.03. The number of benzene rings is 2. The highest BCUT2D eigenvalue weighted by Crippen LogP contribution is 2.80. The van der Waals surface area contributed by atoms with Crippen molar-refractivity contribution in [2.24, 2.45) is 5.41 Å². The van der Waals surface area contributed by atoms with E-state index in [-0.39, 0.29) is 25.9 Å². The van der Waals surface area contributed by atoms with E-state index in [4.69, 9.17) is 4.74 Å². The van der Waals surface area contributed by atoms with Crippen molar-refractivity contribution in [3.05, 3.63) is 71.6 Å². The predicted octanol–water partition coefficient (Wildman–Crippen LogP) is 3.04. The Morgan fingerprint density at radius 2 is 1.79 bits per heavy atom. The van der Waals surface area contributed by atoms with Crippen LogP contribution in [0.4, 0.5) is 17.6 Å². The summed E-state index contributed by atoms with van der Waals surface area (Å²) in [6.45, 7) is 0.688. The van der Waals surface area contributed by atoms with E-state index in [1.165, 1.54) is 0 Å². The number of halogens is 4. The van der Waals surface area contributed by atoms with Crippen LogP contribution in [0.15, 0.2) is 48.8 Å². The number of rotatable bonds is 9. The molecule has 3 aromatic rings. The monoisotopic (exact) mass is 547 g/mol. The molecule has 3 aliphatic carbocycles. The van der Waals surface area contributed by atoms with Gasteiger partial charge in [-0.3, -0.25) is 0 Å². The third-order valence-corrected chi connectivity index (χ3v) is 8.87. The maximum Gasteiger partial charge on any atom is 0.287 e. The minimum Gasteiger partial charge on any atom is -0.491 e. The van der Waals surface area contributed by atoms with Gasteiger partial charge in [0.05, 0.1) is 6.54 Å². The number of ether oxygens (including phenoxy) is 1. The molecule has 39 heavy (non-hydrogen) atoms. The molecule has 1 aromatic heterocycles. The van der Waals surface area contributed by atoms with Crippen molar-refractivity contribution >= 4 is 0 Å². The molecule has 2 heterocycles. The summed E-state index contributed by atoms with van der Waals surface area (Å²) in [5.74, 6) is -5.41. The lowest BCUT2D eigenvalue weighted by Gasteiger charge is -2.74. The second-order valence-corrected chi connectivity index (χ2v) is 11.7. The first-order chi connectivity index (χ1) is 18.4. The average molecular weight is 548 g/mol. The largest absolute Gasteiger partial charge is 0.491 e. The Kier molecular flexibility index (Phi) is 5.84. The molecular formula is C27H29F4N5O3. The van der Waals surface area contributed by atoms with Gasteiger partial charge in [0, 0.05) is 30.1 Å². The van der Waals surface area contributed by atoms with E-state index in [9.17, 15) is 19.0 Å². The van der Waals surface area contributed by atoms with E-state index >= 15 is 8.78 Å². The van der Waals surface area contributed by atoms with Crippen LogP contribution in [0.3, 0.4) is 0 Å². The Labute approximate surface area is 222 Å². The summed E-state index contributed by atoms with van der Waals surface area (Å²) in [6.07, 6.45) is 1.97. The molecule has 0 spiro atoms. The molecule has 4 fully saturated rings. The van der Waals surface area contributed by atoms with Crippen molar-refractivity contribution in [3.63, 3.8) is 0 Å². The van der Waals surface area contributed by atoms with E-state index in [0.717, 1.165) is 35.3 Å². The fourth-order valence-electron chi connectivity index (χ4n) is 6.83. The fourth-order valence-corrected chi connectivity index (χ4v) is 6.83. The maximum absolute atomic E-state index is 16.3. The maximum atomic E-state index is 16.3. The van der Waals surface area contributed by atoms with Crippen LogP contribution in [0.2, 0.25) is 0 Å². The molecule has 2 aromatic carbocycles. The smallest absolute Gasteiger partial charge is 0.287 e. The van der Waals surface area contributed by atoms with Crippen LogP contribution in [0.5, 0.6) is 5.75 Å². The molecule has 208 valence electrons. The Bertz CT molecular complexity index is 1350. The van der Waals surface area contributed by atoms with E-state index in [1.54, 1.807) is 12.1 Å². The molecular weight excluding hydrogens is 518 g/mol. The highest BCUT2D eigenvalue weighted by atomic mass is 19.3. The number of nitrogens with zero attached hydrogens (tertiary/aromatic N) is 5. The lowest BCUT2D eigenvalue weighted by atomic mass is 9.30. The van der Waals surface area contributed by atoms with Crippen LogP contribution >= 0.6 is 0 Å². The molecule has 8 nitrogen and oxygen atoms in total. The van der Waals surface area contributed by atoms with Gasteiger partial charge in [0.1, 0.15) is 35.9 Å². The van der Waals surface area contributed by atoms with Gasteiger partial charge in [-0.25, -0.2) is 22.2 Å².